The molecule has 0 bridgehead atoms. The van der Waals surface area contributed by atoms with Crippen molar-refractivity contribution >= 4 is 27.7 Å². The summed E-state index contributed by atoms with van der Waals surface area (Å²) in [6, 6.07) is 15.8. The molecule has 28 heavy (non-hydrogen) atoms. The van der Waals surface area contributed by atoms with Crippen LogP contribution in [-0.4, -0.2) is 35.5 Å². The van der Waals surface area contributed by atoms with Crippen LogP contribution >= 0.6 is 0 Å². The fraction of sp³-hybridized carbons (Fsp3) is 0.190. The van der Waals surface area contributed by atoms with Gasteiger partial charge in [0, 0.05) is 35.9 Å². The fourth-order valence-electron chi connectivity index (χ4n) is 3.55. The molecule has 1 aliphatic heterocycles. The molecule has 7 nitrogen and oxygen atoms in total. The first kappa shape index (κ1) is 17.9. The predicted octanol–water partition coefficient (Wildman–Crippen LogP) is 1.64. The number of benzene rings is 2. The van der Waals surface area contributed by atoms with Gasteiger partial charge in [0.2, 0.25) is 0 Å². The highest BCUT2D eigenvalue weighted by Crippen LogP contribution is 2.24. The third-order valence-electron chi connectivity index (χ3n) is 4.98. The number of aliphatic imine (C=N–C) groups is 1. The molecule has 0 unspecified atom stereocenters. The molecule has 0 aliphatic carbocycles. The summed E-state index contributed by atoms with van der Waals surface area (Å²) < 4.78 is 0. The molecule has 0 atom stereocenters. The van der Waals surface area contributed by atoms with E-state index in [2.05, 4.69) is 27.2 Å². The number of anilines is 1. The van der Waals surface area contributed by atoms with Crippen LogP contribution in [0.3, 0.4) is 0 Å². The Morgan fingerprint density at radius 3 is 2.75 bits per heavy atom. The summed E-state index contributed by atoms with van der Waals surface area (Å²) in [4.78, 5) is 19.1. The third-order valence-corrected chi connectivity index (χ3v) is 4.98. The second kappa shape index (κ2) is 7.66. The van der Waals surface area contributed by atoms with Gasteiger partial charge >= 0.3 is 0 Å². The average molecular weight is 374 g/mol. The van der Waals surface area contributed by atoms with Gasteiger partial charge in [-0.05, 0) is 29.8 Å². The third kappa shape index (κ3) is 3.27. The quantitative estimate of drug-likeness (QED) is 0.642. The van der Waals surface area contributed by atoms with Gasteiger partial charge in [0.25, 0.3) is 5.56 Å². The van der Waals surface area contributed by atoms with Gasteiger partial charge in [0.1, 0.15) is 0 Å². The van der Waals surface area contributed by atoms with Crippen LogP contribution in [0.4, 0.5) is 5.69 Å². The molecule has 0 saturated heterocycles. The molecular weight excluding hydrogens is 352 g/mol. The minimum absolute atomic E-state index is 0.234. The Bertz CT molecular complexity index is 1120. The second-order valence-electron chi connectivity index (χ2n) is 6.63. The van der Waals surface area contributed by atoms with E-state index in [0.29, 0.717) is 24.2 Å². The number of nitrogens with zero attached hydrogens (tertiary/aromatic N) is 3. The van der Waals surface area contributed by atoms with Crippen LogP contribution in [0, 0.1) is 0 Å². The number of rotatable bonds is 4. The van der Waals surface area contributed by atoms with E-state index in [1.807, 2.05) is 30.3 Å². The summed E-state index contributed by atoms with van der Waals surface area (Å²) in [7, 11) is 0. The number of para-hydroxylation sites is 1. The normalized spacial score (nSPS) is 15.0. The van der Waals surface area contributed by atoms with Gasteiger partial charge in [-0.25, -0.2) is 5.10 Å². The number of nitrogens with two attached hydrogens (primary N) is 2. The zero-order valence-electron chi connectivity index (χ0n) is 15.4. The maximum absolute atomic E-state index is 12.1. The summed E-state index contributed by atoms with van der Waals surface area (Å²) in [5.41, 5.74) is 16.0. The zero-order valence-corrected chi connectivity index (χ0v) is 15.4. The van der Waals surface area contributed by atoms with Crippen LogP contribution in [0.15, 0.2) is 64.5 Å². The molecule has 0 spiro atoms. The van der Waals surface area contributed by atoms with E-state index in [1.54, 1.807) is 12.3 Å². The molecule has 1 aromatic heterocycles. The topological polar surface area (TPSA) is 113 Å². The lowest BCUT2D eigenvalue weighted by atomic mass is 9.97. The summed E-state index contributed by atoms with van der Waals surface area (Å²) in [5, 5.41) is 7.85. The predicted molar refractivity (Wildman–Crippen MR) is 113 cm³/mol. The van der Waals surface area contributed by atoms with Crippen molar-refractivity contribution < 1.29 is 0 Å². The van der Waals surface area contributed by atoms with Crippen molar-refractivity contribution in [3.8, 4) is 0 Å². The number of hydrogen-bond donors (Lipinski definition) is 3. The molecule has 7 heteroatoms. The standard InChI is InChI=1S/C21H22N6O/c22-11-18(20-13-27(9-8-24-20)15-4-2-1-3-5-15)14-6-7-16-17(10-14)19(12-23)25-26-21(16)28/h1-7,10-11H,8-9,12-13,22-23H2,(H,26,28)/b18-11-. The van der Waals surface area contributed by atoms with Gasteiger partial charge < -0.3 is 16.4 Å². The van der Waals surface area contributed by atoms with Crippen molar-refractivity contribution in [3.05, 3.63) is 76.3 Å². The lowest BCUT2D eigenvalue weighted by molar-refractivity contribution is 0.825. The largest absolute Gasteiger partial charge is 0.404 e. The minimum Gasteiger partial charge on any atom is -0.404 e. The van der Waals surface area contributed by atoms with Gasteiger partial charge in [0.05, 0.1) is 29.9 Å². The Morgan fingerprint density at radius 2 is 2.00 bits per heavy atom. The summed E-state index contributed by atoms with van der Waals surface area (Å²) in [6.07, 6.45) is 1.58. The summed E-state index contributed by atoms with van der Waals surface area (Å²) in [5.74, 6) is 0. The molecular formula is C21H22N6O. The minimum atomic E-state index is -0.234. The highest BCUT2D eigenvalue weighted by Gasteiger charge is 2.19. The van der Waals surface area contributed by atoms with Crippen LogP contribution in [0.2, 0.25) is 0 Å². The van der Waals surface area contributed by atoms with E-state index >= 15 is 0 Å². The highest BCUT2D eigenvalue weighted by molar-refractivity contribution is 6.26. The van der Waals surface area contributed by atoms with Crippen molar-refractivity contribution in [2.24, 2.45) is 16.5 Å². The van der Waals surface area contributed by atoms with Gasteiger partial charge in [-0.3, -0.25) is 9.79 Å². The summed E-state index contributed by atoms with van der Waals surface area (Å²) >= 11 is 0. The molecule has 2 aromatic carbocycles. The Kier molecular flexibility index (Phi) is 4.90. The lowest BCUT2D eigenvalue weighted by Gasteiger charge is -2.29. The van der Waals surface area contributed by atoms with E-state index in [-0.39, 0.29) is 12.1 Å². The van der Waals surface area contributed by atoms with E-state index in [9.17, 15) is 4.79 Å². The van der Waals surface area contributed by atoms with Crippen LogP contribution in [0.1, 0.15) is 11.3 Å². The fourth-order valence-corrected chi connectivity index (χ4v) is 3.55. The number of H-pyrrole nitrogens is 1. The first-order chi connectivity index (χ1) is 13.7. The maximum Gasteiger partial charge on any atom is 0.272 e. The molecule has 142 valence electrons. The molecule has 0 fully saturated rings. The van der Waals surface area contributed by atoms with Crippen LogP contribution in [0.25, 0.3) is 16.3 Å². The highest BCUT2D eigenvalue weighted by atomic mass is 16.1. The molecule has 2 heterocycles. The SMILES string of the molecule is N/C=C(\C1=NCCN(c2ccccc2)C1)c1ccc2c(=O)[nH]nc(CN)c2c1. The molecule has 0 saturated carbocycles. The Balaban J connectivity index is 1.71. The summed E-state index contributed by atoms with van der Waals surface area (Å²) in [6.45, 7) is 2.47. The monoisotopic (exact) mass is 374 g/mol. The van der Waals surface area contributed by atoms with Crippen molar-refractivity contribution in [1.29, 1.82) is 0 Å². The molecule has 4 rings (SSSR count). The zero-order chi connectivity index (χ0) is 19.5. The van der Waals surface area contributed by atoms with E-state index in [4.69, 9.17) is 16.5 Å². The van der Waals surface area contributed by atoms with Crippen LogP contribution in [0.5, 0.6) is 0 Å². The van der Waals surface area contributed by atoms with E-state index in [1.165, 1.54) is 0 Å². The first-order valence-electron chi connectivity index (χ1n) is 9.18. The lowest BCUT2D eigenvalue weighted by Crippen LogP contribution is -2.37. The Morgan fingerprint density at radius 1 is 1.18 bits per heavy atom. The Labute approximate surface area is 162 Å². The number of nitrogens with one attached hydrogen (secondary N) is 1. The molecule has 3 aromatic rings. The number of hydrogen-bond acceptors (Lipinski definition) is 6. The van der Waals surface area contributed by atoms with E-state index in [0.717, 1.165) is 34.5 Å². The molecule has 0 radical (unpaired) electrons. The smallest absolute Gasteiger partial charge is 0.272 e. The average Bonchev–Trinajstić information content (AvgIpc) is 2.75. The first-order valence-corrected chi connectivity index (χ1v) is 9.18. The van der Waals surface area contributed by atoms with E-state index < -0.39 is 0 Å². The van der Waals surface area contributed by atoms with Crippen molar-refractivity contribution in [2.75, 3.05) is 24.5 Å². The van der Waals surface area contributed by atoms with Crippen LogP contribution in [-0.2, 0) is 6.54 Å². The van der Waals surface area contributed by atoms with Gasteiger partial charge in [-0.15, -0.1) is 0 Å². The second-order valence-corrected chi connectivity index (χ2v) is 6.63. The molecule has 5 N–H and O–H groups in total. The molecule has 1 aliphatic rings. The van der Waals surface area contributed by atoms with Gasteiger partial charge in [-0.1, -0.05) is 24.3 Å². The van der Waals surface area contributed by atoms with Crippen LogP contribution < -0.4 is 21.9 Å². The maximum atomic E-state index is 12.1. The number of aromatic nitrogens is 2. The van der Waals surface area contributed by atoms with Crippen molar-refractivity contribution in [1.82, 2.24) is 10.2 Å². The molecule has 0 amide bonds. The van der Waals surface area contributed by atoms with Crippen molar-refractivity contribution in [3.63, 3.8) is 0 Å². The number of aromatic amines is 1. The number of fused-ring (bicyclic) bond motifs is 1. The van der Waals surface area contributed by atoms with Crippen molar-refractivity contribution in [2.45, 2.75) is 6.54 Å². The van der Waals surface area contributed by atoms with Gasteiger partial charge in [-0.2, -0.15) is 5.10 Å². The Hall–Kier alpha value is -3.45. The van der Waals surface area contributed by atoms with Gasteiger partial charge in [0.15, 0.2) is 0 Å².